The predicted molar refractivity (Wildman–Crippen MR) is 56.7 cm³/mol. The van der Waals surface area contributed by atoms with Gasteiger partial charge in [0.1, 0.15) is 0 Å². The SMILES string of the molecule is Cc1cccc(NS(=O)(=O)C(F)(F)F)c1C(=O)O. The maximum absolute atomic E-state index is 12.2. The lowest BCUT2D eigenvalue weighted by molar-refractivity contribution is -0.0429. The van der Waals surface area contributed by atoms with Crippen LogP contribution in [-0.4, -0.2) is 25.0 Å². The molecular formula is C9H8F3NO4S. The molecule has 0 bridgehead atoms. The number of carboxylic acids is 1. The van der Waals surface area contributed by atoms with E-state index in [-0.39, 0.29) is 5.56 Å². The van der Waals surface area contributed by atoms with Gasteiger partial charge in [-0.05, 0) is 18.6 Å². The summed E-state index contributed by atoms with van der Waals surface area (Å²) >= 11 is 0. The van der Waals surface area contributed by atoms with Crippen LogP contribution >= 0.6 is 0 Å². The minimum Gasteiger partial charge on any atom is -0.478 e. The zero-order valence-corrected chi connectivity index (χ0v) is 9.76. The molecule has 0 fully saturated rings. The van der Waals surface area contributed by atoms with E-state index in [0.29, 0.717) is 0 Å². The van der Waals surface area contributed by atoms with Crippen LogP contribution in [0, 0.1) is 6.92 Å². The summed E-state index contributed by atoms with van der Waals surface area (Å²) in [5.41, 5.74) is -6.51. The van der Waals surface area contributed by atoms with Gasteiger partial charge in [-0.3, -0.25) is 4.72 Å². The number of halogens is 3. The fraction of sp³-hybridized carbons (Fsp3) is 0.222. The Balaban J connectivity index is 3.30. The number of anilines is 1. The number of benzene rings is 1. The fourth-order valence-corrected chi connectivity index (χ4v) is 1.81. The van der Waals surface area contributed by atoms with Crippen molar-refractivity contribution >= 4 is 21.7 Å². The number of carboxylic acid groups (broad SMARTS) is 1. The molecule has 0 unspecified atom stereocenters. The average Bonchev–Trinajstić information content (AvgIpc) is 2.14. The summed E-state index contributed by atoms with van der Waals surface area (Å²) in [6.45, 7) is 1.34. The van der Waals surface area contributed by atoms with Crippen LogP contribution in [0.3, 0.4) is 0 Å². The number of aryl methyl sites for hydroxylation is 1. The van der Waals surface area contributed by atoms with E-state index in [1.165, 1.54) is 23.8 Å². The molecule has 1 aromatic carbocycles. The van der Waals surface area contributed by atoms with E-state index in [4.69, 9.17) is 5.11 Å². The van der Waals surface area contributed by atoms with Crippen LogP contribution in [0.25, 0.3) is 0 Å². The van der Waals surface area contributed by atoms with Crippen LogP contribution in [0.4, 0.5) is 18.9 Å². The lowest BCUT2D eigenvalue weighted by Gasteiger charge is -2.13. The topological polar surface area (TPSA) is 83.5 Å². The van der Waals surface area contributed by atoms with E-state index < -0.39 is 32.8 Å². The molecule has 100 valence electrons. The zero-order valence-electron chi connectivity index (χ0n) is 8.95. The average molecular weight is 283 g/mol. The molecule has 5 nitrogen and oxygen atoms in total. The van der Waals surface area contributed by atoms with E-state index in [0.717, 1.165) is 6.07 Å². The molecule has 0 saturated heterocycles. The number of hydrogen-bond donors (Lipinski definition) is 2. The van der Waals surface area contributed by atoms with Gasteiger partial charge in [-0.1, -0.05) is 12.1 Å². The van der Waals surface area contributed by atoms with Gasteiger partial charge < -0.3 is 5.11 Å². The number of aromatic carboxylic acids is 1. The summed E-state index contributed by atoms with van der Waals surface area (Å²) in [5, 5.41) is 8.83. The van der Waals surface area contributed by atoms with Crippen molar-refractivity contribution in [1.29, 1.82) is 0 Å². The second kappa shape index (κ2) is 4.48. The van der Waals surface area contributed by atoms with Gasteiger partial charge in [0.2, 0.25) is 0 Å². The number of sulfonamides is 1. The normalized spacial score (nSPS) is 12.2. The van der Waals surface area contributed by atoms with Crippen molar-refractivity contribution < 1.29 is 31.5 Å². The summed E-state index contributed by atoms with van der Waals surface area (Å²) in [4.78, 5) is 10.9. The quantitative estimate of drug-likeness (QED) is 0.888. The molecule has 0 aliphatic heterocycles. The molecule has 2 N–H and O–H groups in total. The first-order valence-corrected chi connectivity index (χ1v) is 5.96. The second-order valence-electron chi connectivity index (χ2n) is 3.35. The van der Waals surface area contributed by atoms with Gasteiger partial charge in [0.05, 0.1) is 11.3 Å². The summed E-state index contributed by atoms with van der Waals surface area (Å²) in [6.07, 6.45) is 0. The van der Waals surface area contributed by atoms with Gasteiger partial charge in [-0.25, -0.2) is 4.79 Å². The molecule has 1 rings (SSSR count). The summed E-state index contributed by atoms with van der Waals surface area (Å²) in [7, 11) is -5.64. The Morgan fingerprint density at radius 2 is 1.89 bits per heavy atom. The van der Waals surface area contributed by atoms with Gasteiger partial charge in [-0.2, -0.15) is 21.6 Å². The molecule has 0 spiro atoms. The first kappa shape index (κ1) is 14.3. The van der Waals surface area contributed by atoms with Crippen LogP contribution in [0.5, 0.6) is 0 Å². The molecule has 0 saturated carbocycles. The van der Waals surface area contributed by atoms with Gasteiger partial charge in [0.25, 0.3) is 0 Å². The number of alkyl halides is 3. The molecule has 9 heteroatoms. The van der Waals surface area contributed by atoms with Crippen molar-refractivity contribution in [3.8, 4) is 0 Å². The summed E-state index contributed by atoms with van der Waals surface area (Å²) in [6, 6.07) is 3.53. The molecule has 0 aromatic heterocycles. The number of carbonyl (C=O) groups is 1. The van der Waals surface area contributed by atoms with Crippen LogP contribution in [0.15, 0.2) is 18.2 Å². The van der Waals surface area contributed by atoms with Crippen LogP contribution in [0.2, 0.25) is 0 Å². The minimum atomic E-state index is -5.64. The Labute approximate surface area is 100 Å². The minimum absolute atomic E-state index is 0.143. The van der Waals surface area contributed by atoms with Crippen LogP contribution in [-0.2, 0) is 10.0 Å². The standard InChI is InChI=1S/C9H8F3NO4S/c1-5-3-2-4-6(7(5)8(14)15)13-18(16,17)9(10,11)12/h2-4,13H,1H3,(H,14,15). The Morgan fingerprint density at radius 1 is 1.33 bits per heavy atom. The van der Waals surface area contributed by atoms with Crippen molar-refractivity contribution in [2.24, 2.45) is 0 Å². The fourth-order valence-electron chi connectivity index (χ4n) is 1.24. The van der Waals surface area contributed by atoms with Crippen molar-refractivity contribution in [3.05, 3.63) is 29.3 Å². The highest BCUT2D eigenvalue weighted by molar-refractivity contribution is 7.93. The lowest BCUT2D eigenvalue weighted by Crippen LogP contribution is -2.30. The second-order valence-corrected chi connectivity index (χ2v) is 5.03. The van der Waals surface area contributed by atoms with Gasteiger partial charge >= 0.3 is 21.5 Å². The Bertz CT molecular complexity index is 580. The zero-order chi connectivity index (χ0) is 14.1. The third-order valence-electron chi connectivity index (χ3n) is 2.04. The van der Waals surface area contributed by atoms with E-state index in [1.54, 1.807) is 0 Å². The van der Waals surface area contributed by atoms with E-state index in [9.17, 15) is 26.4 Å². The molecule has 0 radical (unpaired) electrons. The Morgan fingerprint density at radius 3 is 2.33 bits per heavy atom. The number of nitrogens with one attached hydrogen (secondary N) is 1. The molecule has 0 amide bonds. The van der Waals surface area contributed by atoms with Gasteiger partial charge in [-0.15, -0.1) is 0 Å². The van der Waals surface area contributed by atoms with Crippen molar-refractivity contribution in [1.82, 2.24) is 0 Å². The summed E-state index contributed by atoms with van der Waals surface area (Å²) < 4.78 is 59.4. The first-order valence-electron chi connectivity index (χ1n) is 4.48. The van der Waals surface area contributed by atoms with Crippen molar-refractivity contribution in [3.63, 3.8) is 0 Å². The van der Waals surface area contributed by atoms with Crippen molar-refractivity contribution in [2.75, 3.05) is 4.72 Å². The molecule has 0 aliphatic rings. The Hall–Kier alpha value is -1.77. The molecule has 18 heavy (non-hydrogen) atoms. The van der Waals surface area contributed by atoms with Gasteiger partial charge in [0, 0.05) is 0 Å². The highest BCUT2D eigenvalue weighted by Gasteiger charge is 2.46. The van der Waals surface area contributed by atoms with Gasteiger partial charge in [0.15, 0.2) is 0 Å². The highest BCUT2D eigenvalue weighted by Crippen LogP contribution is 2.28. The molecule has 1 aromatic rings. The molecule has 0 atom stereocenters. The molecule has 0 aliphatic carbocycles. The first-order chi connectivity index (χ1) is 8.06. The maximum atomic E-state index is 12.2. The lowest BCUT2D eigenvalue weighted by atomic mass is 10.1. The van der Waals surface area contributed by atoms with E-state index >= 15 is 0 Å². The third-order valence-corrected chi connectivity index (χ3v) is 3.13. The van der Waals surface area contributed by atoms with E-state index in [1.807, 2.05) is 0 Å². The van der Waals surface area contributed by atoms with Crippen LogP contribution in [0.1, 0.15) is 15.9 Å². The smallest absolute Gasteiger partial charge is 0.478 e. The molecular weight excluding hydrogens is 275 g/mol. The maximum Gasteiger partial charge on any atom is 0.516 e. The predicted octanol–water partition coefficient (Wildman–Crippen LogP) is 1.95. The van der Waals surface area contributed by atoms with Crippen LogP contribution < -0.4 is 4.72 Å². The highest BCUT2D eigenvalue weighted by atomic mass is 32.2. The number of hydrogen-bond acceptors (Lipinski definition) is 3. The Kier molecular flexibility index (Phi) is 3.56. The largest absolute Gasteiger partial charge is 0.516 e. The van der Waals surface area contributed by atoms with E-state index in [2.05, 4.69) is 0 Å². The monoisotopic (exact) mass is 283 g/mol. The van der Waals surface area contributed by atoms with Crippen molar-refractivity contribution in [2.45, 2.75) is 12.4 Å². The number of rotatable bonds is 3. The third kappa shape index (κ3) is 2.73. The molecule has 0 heterocycles. The summed E-state index contributed by atoms with van der Waals surface area (Å²) in [5.74, 6) is -1.52.